The lowest BCUT2D eigenvalue weighted by Gasteiger charge is -2.04. The van der Waals surface area contributed by atoms with Gasteiger partial charge in [-0.3, -0.25) is 0 Å². The molecule has 0 spiro atoms. The third-order valence-corrected chi connectivity index (χ3v) is 5.77. The van der Waals surface area contributed by atoms with E-state index < -0.39 is 0 Å². The first kappa shape index (κ1) is 23.5. The van der Waals surface area contributed by atoms with Crippen molar-refractivity contribution >= 4 is 45.2 Å². The number of hydrogen-bond acceptors (Lipinski definition) is 0. The molecule has 0 aliphatic carbocycles. The lowest BCUT2D eigenvalue weighted by Crippen LogP contribution is -1.86. The highest BCUT2D eigenvalue weighted by Crippen LogP contribution is 2.19. The van der Waals surface area contributed by atoms with Crippen molar-refractivity contribution in [2.45, 2.75) is 124 Å². The van der Waals surface area contributed by atoms with Crippen LogP contribution >= 0.6 is 45.2 Å². The molecule has 0 aliphatic rings. The maximum Gasteiger partial charge on any atom is 0.0626 e. The van der Waals surface area contributed by atoms with Crippen LogP contribution in [0.1, 0.15) is 122 Å². The number of halogens is 2. The van der Waals surface area contributed by atoms with Gasteiger partial charge < -0.3 is 0 Å². The van der Waals surface area contributed by atoms with Gasteiger partial charge in [-0.1, -0.05) is 161 Å². The number of alkyl halides is 2. The molecule has 0 radical (unpaired) electrons. The Hall–Kier alpha value is 1.46. The normalized spacial score (nSPS) is 11.5. The maximum absolute atomic E-state index is 2.53. The van der Waals surface area contributed by atoms with Crippen LogP contribution in [0.5, 0.6) is 0 Å². The summed E-state index contributed by atoms with van der Waals surface area (Å²) in [4.78, 5) is 0. The van der Waals surface area contributed by atoms with Gasteiger partial charge in [0, 0.05) is 0 Å². The molecule has 0 aromatic carbocycles. The predicted octanol–water partition coefficient (Wildman–Crippen LogP) is 9.22. The molecule has 0 aliphatic heterocycles. The SMILES string of the molecule is CCCCCCCCCCCCCCCCCCCC(I)I. The van der Waals surface area contributed by atoms with E-state index in [2.05, 4.69) is 52.1 Å². The van der Waals surface area contributed by atoms with Crippen molar-refractivity contribution in [1.82, 2.24) is 0 Å². The third-order valence-electron chi connectivity index (χ3n) is 4.53. The van der Waals surface area contributed by atoms with Gasteiger partial charge in [0.15, 0.2) is 0 Å². The fourth-order valence-corrected chi connectivity index (χ4v) is 3.90. The van der Waals surface area contributed by atoms with Gasteiger partial charge in [-0.15, -0.1) is 0 Å². The molecule has 0 saturated heterocycles. The van der Waals surface area contributed by atoms with Crippen LogP contribution in [0.3, 0.4) is 0 Å². The number of hydrogen-bond donors (Lipinski definition) is 0. The minimum atomic E-state index is 0.839. The summed E-state index contributed by atoms with van der Waals surface area (Å²) in [6, 6.07) is 0. The van der Waals surface area contributed by atoms with E-state index in [1.54, 1.807) is 0 Å². The molecule has 0 aromatic heterocycles. The zero-order chi connectivity index (χ0) is 16.3. The molecule has 0 fully saturated rings. The van der Waals surface area contributed by atoms with Gasteiger partial charge in [0.05, 0.1) is 1.93 Å². The summed E-state index contributed by atoms with van der Waals surface area (Å²) in [5.41, 5.74) is 0. The Kier molecular flexibility index (Phi) is 21.9. The van der Waals surface area contributed by atoms with Gasteiger partial charge in [0.2, 0.25) is 0 Å². The van der Waals surface area contributed by atoms with Crippen LogP contribution < -0.4 is 0 Å². The molecule has 22 heavy (non-hydrogen) atoms. The van der Waals surface area contributed by atoms with E-state index in [9.17, 15) is 0 Å². The smallest absolute Gasteiger partial charge is 0.0626 e. The van der Waals surface area contributed by atoms with Crippen LogP contribution in [-0.2, 0) is 0 Å². The molecular weight excluding hydrogens is 494 g/mol. The second kappa shape index (κ2) is 20.5. The molecule has 2 heteroatoms. The van der Waals surface area contributed by atoms with Crippen molar-refractivity contribution in [3.63, 3.8) is 0 Å². The van der Waals surface area contributed by atoms with E-state index in [0.717, 1.165) is 1.93 Å². The first-order valence-electron chi connectivity index (χ1n) is 10.1. The molecular formula is C20H40I2. The molecule has 0 atom stereocenters. The van der Waals surface area contributed by atoms with Crippen molar-refractivity contribution < 1.29 is 0 Å². The lowest BCUT2D eigenvalue weighted by molar-refractivity contribution is 0.526. The first-order valence-corrected chi connectivity index (χ1v) is 12.5. The Morgan fingerprint density at radius 2 is 0.727 bits per heavy atom. The van der Waals surface area contributed by atoms with Crippen LogP contribution in [0.15, 0.2) is 0 Å². The van der Waals surface area contributed by atoms with Gasteiger partial charge >= 0.3 is 0 Å². The van der Waals surface area contributed by atoms with Crippen LogP contribution in [0, 0.1) is 0 Å². The van der Waals surface area contributed by atoms with E-state index in [-0.39, 0.29) is 0 Å². The average molecular weight is 534 g/mol. The molecule has 0 saturated carbocycles. The molecule has 0 aromatic rings. The standard InChI is InChI=1S/C20H40I2/c1-2-3-4-5-6-7-8-9-10-11-12-13-14-15-16-17-18-19-20(21)22/h20H,2-19H2,1H3. The molecule has 0 nitrogen and oxygen atoms in total. The highest BCUT2D eigenvalue weighted by atomic mass is 127. The lowest BCUT2D eigenvalue weighted by atomic mass is 10.0. The summed E-state index contributed by atoms with van der Waals surface area (Å²) in [6.07, 6.45) is 26.4. The summed E-state index contributed by atoms with van der Waals surface area (Å²) >= 11 is 5.06. The maximum atomic E-state index is 2.53. The number of unbranched alkanes of at least 4 members (excludes halogenated alkanes) is 16. The minimum absolute atomic E-state index is 0.839. The summed E-state index contributed by atoms with van der Waals surface area (Å²) < 4.78 is 0.839. The van der Waals surface area contributed by atoms with Crippen LogP contribution in [0.25, 0.3) is 0 Å². The Balaban J connectivity index is 2.94. The fourth-order valence-electron chi connectivity index (χ4n) is 3.02. The van der Waals surface area contributed by atoms with Crippen molar-refractivity contribution in [2.24, 2.45) is 0 Å². The summed E-state index contributed by atoms with van der Waals surface area (Å²) in [6.45, 7) is 2.30. The summed E-state index contributed by atoms with van der Waals surface area (Å²) in [7, 11) is 0. The van der Waals surface area contributed by atoms with E-state index in [0.29, 0.717) is 0 Å². The molecule has 0 amide bonds. The van der Waals surface area contributed by atoms with E-state index >= 15 is 0 Å². The molecule has 0 unspecified atom stereocenters. The second-order valence-electron chi connectivity index (χ2n) is 6.84. The molecule has 0 rings (SSSR count). The Bertz CT molecular complexity index is 192. The van der Waals surface area contributed by atoms with Crippen molar-refractivity contribution in [2.75, 3.05) is 0 Å². The van der Waals surface area contributed by atoms with E-state index in [1.165, 1.54) is 116 Å². The number of rotatable bonds is 18. The van der Waals surface area contributed by atoms with Gasteiger partial charge in [-0.2, -0.15) is 0 Å². The highest BCUT2D eigenvalue weighted by Gasteiger charge is 1.97. The Labute approximate surface area is 168 Å². The fraction of sp³-hybridized carbons (Fsp3) is 1.00. The van der Waals surface area contributed by atoms with Crippen molar-refractivity contribution in [1.29, 1.82) is 0 Å². The average Bonchev–Trinajstić information content (AvgIpc) is 2.50. The minimum Gasteiger partial charge on any atom is -0.0710 e. The summed E-state index contributed by atoms with van der Waals surface area (Å²) in [5, 5.41) is 0. The zero-order valence-corrected chi connectivity index (χ0v) is 19.4. The van der Waals surface area contributed by atoms with Gasteiger partial charge in [-0.25, -0.2) is 0 Å². The quantitative estimate of drug-likeness (QED) is 0.0935. The largest absolute Gasteiger partial charge is 0.0710 e. The van der Waals surface area contributed by atoms with Gasteiger partial charge in [0.25, 0.3) is 0 Å². The molecule has 0 bridgehead atoms. The van der Waals surface area contributed by atoms with Crippen molar-refractivity contribution in [3.8, 4) is 0 Å². The van der Waals surface area contributed by atoms with Gasteiger partial charge in [0.1, 0.15) is 0 Å². The van der Waals surface area contributed by atoms with E-state index in [1.807, 2.05) is 0 Å². The van der Waals surface area contributed by atoms with Crippen molar-refractivity contribution in [3.05, 3.63) is 0 Å². The van der Waals surface area contributed by atoms with Crippen LogP contribution in [0.2, 0.25) is 0 Å². The topological polar surface area (TPSA) is 0 Å². The highest BCUT2D eigenvalue weighted by molar-refractivity contribution is 14.2. The van der Waals surface area contributed by atoms with E-state index in [4.69, 9.17) is 0 Å². The molecule has 134 valence electrons. The predicted molar refractivity (Wildman–Crippen MR) is 121 cm³/mol. The molecule has 0 heterocycles. The van der Waals surface area contributed by atoms with Gasteiger partial charge in [-0.05, 0) is 6.42 Å². The zero-order valence-electron chi connectivity index (χ0n) is 15.1. The first-order chi connectivity index (χ1) is 10.8. The Morgan fingerprint density at radius 1 is 0.455 bits per heavy atom. The Morgan fingerprint density at radius 3 is 1.00 bits per heavy atom. The monoisotopic (exact) mass is 534 g/mol. The van der Waals surface area contributed by atoms with Crippen LogP contribution in [-0.4, -0.2) is 1.93 Å². The van der Waals surface area contributed by atoms with Crippen LogP contribution in [0.4, 0.5) is 0 Å². The third kappa shape index (κ3) is 21.5. The second-order valence-corrected chi connectivity index (χ2v) is 12.2. The molecule has 0 N–H and O–H groups in total. The summed E-state index contributed by atoms with van der Waals surface area (Å²) in [5.74, 6) is 0.